The van der Waals surface area contributed by atoms with Gasteiger partial charge in [0.25, 0.3) is 0 Å². The molecular formula is C27H36N6O3. The number of hydrogen-bond donors (Lipinski definition) is 1. The van der Waals surface area contributed by atoms with E-state index in [1.54, 1.807) is 24.3 Å². The van der Waals surface area contributed by atoms with Crippen LogP contribution in [-0.2, 0) is 15.1 Å². The molecule has 2 saturated heterocycles. The molecule has 3 aliphatic rings. The van der Waals surface area contributed by atoms with Crippen molar-refractivity contribution >= 4 is 23.6 Å². The van der Waals surface area contributed by atoms with Crippen molar-refractivity contribution in [3.05, 3.63) is 48.3 Å². The second-order valence-electron chi connectivity index (χ2n) is 10.6. The van der Waals surface area contributed by atoms with Gasteiger partial charge < -0.3 is 10.1 Å². The molecule has 1 N–H and O–H groups in total. The summed E-state index contributed by atoms with van der Waals surface area (Å²) >= 11 is 0. The lowest BCUT2D eigenvalue weighted by molar-refractivity contribution is -0.124. The van der Waals surface area contributed by atoms with E-state index in [-0.39, 0.29) is 28.9 Å². The first-order valence-corrected chi connectivity index (χ1v) is 12.8. The number of urea groups is 1. The number of nitrogens with one attached hydrogen (secondary N) is 1. The van der Waals surface area contributed by atoms with Crippen molar-refractivity contribution in [2.24, 2.45) is 5.92 Å². The van der Waals surface area contributed by atoms with E-state index in [2.05, 4.69) is 64.6 Å². The van der Waals surface area contributed by atoms with Gasteiger partial charge in [-0.15, -0.1) is 0 Å². The molecular weight excluding hydrogens is 456 g/mol. The number of carbonyl (C=O) groups excluding carboxylic acids is 2. The van der Waals surface area contributed by atoms with E-state index in [0.717, 1.165) is 38.5 Å². The van der Waals surface area contributed by atoms with Gasteiger partial charge in [-0.05, 0) is 58.2 Å². The van der Waals surface area contributed by atoms with Crippen LogP contribution in [0, 0.1) is 5.92 Å². The highest BCUT2D eigenvalue weighted by Gasteiger charge is 2.50. The van der Waals surface area contributed by atoms with Gasteiger partial charge in [-0.1, -0.05) is 30.3 Å². The van der Waals surface area contributed by atoms with Crippen LogP contribution in [0.4, 0.5) is 16.4 Å². The Morgan fingerprint density at radius 2 is 1.67 bits per heavy atom. The largest absolute Gasteiger partial charge is 0.381 e. The van der Waals surface area contributed by atoms with Crippen molar-refractivity contribution in [2.75, 3.05) is 50.7 Å². The van der Waals surface area contributed by atoms with Crippen molar-refractivity contribution in [2.45, 2.75) is 49.6 Å². The van der Waals surface area contributed by atoms with Crippen LogP contribution in [0.2, 0.25) is 0 Å². The fraction of sp³-hybridized carbons (Fsp3) is 0.556. The van der Waals surface area contributed by atoms with E-state index in [4.69, 9.17) is 4.74 Å². The van der Waals surface area contributed by atoms with E-state index in [0.29, 0.717) is 31.4 Å². The number of nitrogens with zero attached hydrogens (tertiary/aromatic N) is 5. The van der Waals surface area contributed by atoms with E-state index in [1.165, 1.54) is 10.5 Å². The number of amides is 3. The summed E-state index contributed by atoms with van der Waals surface area (Å²) in [6, 6.07) is 10.6. The lowest BCUT2D eigenvalue weighted by Gasteiger charge is -2.48. The van der Waals surface area contributed by atoms with Crippen molar-refractivity contribution < 1.29 is 14.3 Å². The van der Waals surface area contributed by atoms with Gasteiger partial charge in [-0.2, -0.15) is 0 Å². The highest BCUT2D eigenvalue weighted by atomic mass is 16.5. The Labute approximate surface area is 212 Å². The average Bonchev–Trinajstić information content (AvgIpc) is 3.24. The second-order valence-corrected chi connectivity index (χ2v) is 10.6. The van der Waals surface area contributed by atoms with Crippen LogP contribution in [0.25, 0.3) is 0 Å². The summed E-state index contributed by atoms with van der Waals surface area (Å²) in [5.74, 6) is 0.294. The van der Waals surface area contributed by atoms with Crippen LogP contribution < -0.4 is 15.1 Å². The van der Waals surface area contributed by atoms with Crippen molar-refractivity contribution in [1.29, 1.82) is 0 Å². The third kappa shape index (κ3) is 4.46. The Morgan fingerprint density at radius 3 is 2.28 bits per heavy atom. The third-order valence-electron chi connectivity index (χ3n) is 8.42. The summed E-state index contributed by atoms with van der Waals surface area (Å²) in [7, 11) is 6.00. The third-order valence-corrected chi connectivity index (χ3v) is 8.42. The van der Waals surface area contributed by atoms with Gasteiger partial charge >= 0.3 is 6.03 Å². The maximum absolute atomic E-state index is 13.0. The van der Waals surface area contributed by atoms with Crippen LogP contribution in [0.3, 0.4) is 0 Å². The molecule has 1 aromatic heterocycles. The predicted octanol–water partition coefficient (Wildman–Crippen LogP) is 3.17. The van der Waals surface area contributed by atoms with Gasteiger partial charge in [-0.25, -0.2) is 14.8 Å². The molecule has 0 unspecified atom stereocenters. The molecule has 192 valence electrons. The lowest BCUT2D eigenvalue weighted by atomic mass is 9.69. The van der Waals surface area contributed by atoms with E-state index >= 15 is 0 Å². The highest BCUT2D eigenvalue weighted by molar-refractivity contribution is 5.95. The fourth-order valence-corrected chi connectivity index (χ4v) is 6.03. The molecule has 0 atom stereocenters. The number of hydrogen-bond acceptors (Lipinski definition) is 6. The summed E-state index contributed by atoms with van der Waals surface area (Å²) in [4.78, 5) is 40.3. The van der Waals surface area contributed by atoms with Gasteiger partial charge in [0.2, 0.25) is 11.9 Å². The Morgan fingerprint density at radius 1 is 1.03 bits per heavy atom. The monoisotopic (exact) mass is 492 g/mol. The molecule has 3 fully saturated rings. The quantitative estimate of drug-likeness (QED) is 0.690. The number of anilines is 2. The minimum absolute atomic E-state index is 0.00826. The maximum Gasteiger partial charge on any atom is 0.322 e. The van der Waals surface area contributed by atoms with Crippen molar-refractivity contribution in [1.82, 2.24) is 20.2 Å². The Hall–Kier alpha value is -3.04. The molecule has 2 aromatic rings. The summed E-state index contributed by atoms with van der Waals surface area (Å²) < 4.78 is 5.36. The maximum atomic E-state index is 13.0. The smallest absolute Gasteiger partial charge is 0.322 e. The number of rotatable bonds is 5. The van der Waals surface area contributed by atoms with Crippen molar-refractivity contribution in [3.63, 3.8) is 0 Å². The molecule has 0 radical (unpaired) electrons. The molecule has 3 heterocycles. The fourth-order valence-electron chi connectivity index (χ4n) is 6.03. The molecule has 1 spiro atoms. The van der Waals surface area contributed by atoms with Crippen LogP contribution in [0.1, 0.15) is 44.1 Å². The zero-order chi connectivity index (χ0) is 25.3. The number of ether oxygens (including phenoxy) is 1. The molecule has 36 heavy (non-hydrogen) atoms. The minimum atomic E-state index is -0.264. The van der Waals surface area contributed by atoms with Gasteiger partial charge in [0.15, 0.2) is 0 Å². The summed E-state index contributed by atoms with van der Waals surface area (Å²) in [6.07, 6.45) is 8.44. The van der Waals surface area contributed by atoms with Gasteiger partial charge in [0.05, 0.1) is 30.2 Å². The first kappa shape index (κ1) is 24.6. The van der Waals surface area contributed by atoms with Crippen LogP contribution in [0.5, 0.6) is 0 Å². The van der Waals surface area contributed by atoms with E-state index < -0.39 is 0 Å². The Bertz CT molecular complexity index is 1080. The first-order chi connectivity index (χ1) is 17.3. The van der Waals surface area contributed by atoms with Gasteiger partial charge in [-0.3, -0.25) is 19.5 Å². The normalized spacial score (nSPS) is 26.9. The molecule has 2 aliphatic heterocycles. The van der Waals surface area contributed by atoms with Crippen LogP contribution >= 0.6 is 0 Å². The van der Waals surface area contributed by atoms with E-state index in [9.17, 15) is 9.59 Å². The number of aromatic nitrogens is 2. The number of carbonyl (C=O) groups is 2. The lowest BCUT2D eigenvalue weighted by Crippen LogP contribution is -2.54. The van der Waals surface area contributed by atoms with Crippen LogP contribution in [-0.4, -0.2) is 73.2 Å². The highest BCUT2D eigenvalue weighted by Crippen LogP contribution is 2.46. The number of benzene rings is 1. The standard InChI is InChI=1S/C27H36N6O3/c1-31(2)27(21-7-5-4-6-8-21)13-11-26(12-14-27)19-33(25(35)30-26)22-17-28-24(29-18-22)32(3)23(34)20-9-15-36-16-10-20/h4-8,17-18,20H,9-16,19H2,1-3H3,(H,30,35). The zero-order valence-corrected chi connectivity index (χ0v) is 21.4. The topological polar surface area (TPSA) is 90.9 Å². The van der Waals surface area contributed by atoms with Gasteiger partial charge in [0, 0.05) is 31.7 Å². The minimum Gasteiger partial charge on any atom is -0.381 e. The van der Waals surface area contributed by atoms with Crippen LogP contribution in [0.15, 0.2) is 42.7 Å². The molecule has 9 heteroatoms. The van der Waals surface area contributed by atoms with Crippen molar-refractivity contribution in [3.8, 4) is 0 Å². The van der Waals surface area contributed by atoms with E-state index in [1.807, 2.05) is 0 Å². The summed E-state index contributed by atoms with van der Waals surface area (Å²) in [5.41, 5.74) is 1.68. The molecule has 5 rings (SSSR count). The molecule has 3 amide bonds. The average molecular weight is 493 g/mol. The molecule has 1 saturated carbocycles. The molecule has 1 aromatic carbocycles. The Kier molecular flexibility index (Phi) is 6.70. The SMILES string of the molecule is CN(C(=O)C1CCOCC1)c1ncc(N2CC3(CCC(c4ccccc4)(N(C)C)CC3)NC2=O)cn1. The molecule has 9 nitrogen and oxygen atoms in total. The Balaban J connectivity index is 1.26. The first-order valence-electron chi connectivity index (χ1n) is 12.8. The van der Waals surface area contributed by atoms with Gasteiger partial charge in [0.1, 0.15) is 0 Å². The summed E-state index contributed by atoms with van der Waals surface area (Å²) in [6.45, 7) is 1.80. The zero-order valence-electron chi connectivity index (χ0n) is 21.4. The second kappa shape index (κ2) is 9.78. The molecule has 1 aliphatic carbocycles. The predicted molar refractivity (Wildman–Crippen MR) is 138 cm³/mol. The summed E-state index contributed by atoms with van der Waals surface area (Å²) in [5, 5.41) is 3.28. The molecule has 0 bridgehead atoms.